The topological polar surface area (TPSA) is 52.7 Å². The van der Waals surface area contributed by atoms with E-state index in [-0.39, 0.29) is 17.6 Å². The Morgan fingerprint density at radius 2 is 1.81 bits per heavy atom. The Morgan fingerprint density at radius 1 is 1.08 bits per heavy atom. The molecule has 5 nitrogen and oxygen atoms in total. The van der Waals surface area contributed by atoms with E-state index in [2.05, 4.69) is 10.2 Å². The van der Waals surface area contributed by atoms with Gasteiger partial charge in [0.15, 0.2) is 0 Å². The van der Waals surface area contributed by atoms with Crippen LogP contribution >= 0.6 is 0 Å². The maximum absolute atomic E-state index is 13.8. The van der Waals surface area contributed by atoms with Crippen LogP contribution in [0.15, 0.2) is 48.5 Å². The molecule has 2 amide bonds. The number of carbonyl (C=O) groups is 2. The highest BCUT2D eigenvalue weighted by molar-refractivity contribution is 5.88. The summed E-state index contributed by atoms with van der Waals surface area (Å²) in [6.45, 7) is 4.09. The van der Waals surface area contributed by atoms with E-state index < -0.39 is 0 Å². The van der Waals surface area contributed by atoms with Crippen LogP contribution in [0.25, 0.3) is 0 Å². The summed E-state index contributed by atoms with van der Waals surface area (Å²) in [6, 6.07) is 14.2. The van der Waals surface area contributed by atoms with Gasteiger partial charge in [0.1, 0.15) is 5.82 Å². The van der Waals surface area contributed by atoms with Crippen molar-refractivity contribution in [2.45, 2.75) is 20.0 Å². The van der Waals surface area contributed by atoms with Gasteiger partial charge in [0.05, 0.1) is 6.54 Å². The molecular weight excluding hydrogens is 333 g/mol. The number of hydrogen-bond acceptors (Lipinski definition) is 3. The highest BCUT2D eigenvalue weighted by Crippen LogP contribution is 2.16. The first-order chi connectivity index (χ1) is 12.5. The minimum Gasteiger partial charge on any atom is -0.336 e. The Labute approximate surface area is 152 Å². The van der Waals surface area contributed by atoms with E-state index in [0.717, 1.165) is 17.8 Å². The Morgan fingerprint density at radius 3 is 2.46 bits per heavy atom. The van der Waals surface area contributed by atoms with Crippen LogP contribution in [0.3, 0.4) is 0 Å². The fourth-order valence-corrected chi connectivity index (χ4v) is 3.05. The van der Waals surface area contributed by atoms with Crippen molar-refractivity contribution in [1.29, 1.82) is 0 Å². The lowest BCUT2D eigenvalue weighted by atomic mass is 10.1. The summed E-state index contributed by atoms with van der Waals surface area (Å²) in [7, 11) is 0. The van der Waals surface area contributed by atoms with Crippen LogP contribution in [0.4, 0.5) is 10.1 Å². The molecule has 0 unspecified atom stereocenters. The lowest BCUT2D eigenvalue weighted by Crippen LogP contribution is -2.49. The zero-order chi connectivity index (χ0) is 18.5. The Kier molecular flexibility index (Phi) is 5.63. The van der Waals surface area contributed by atoms with E-state index in [0.29, 0.717) is 31.7 Å². The number of benzene rings is 2. The number of nitrogens with one attached hydrogen (secondary N) is 1. The second-order valence-electron chi connectivity index (χ2n) is 6.50. The van der Waals surface area contributed by atoms with Gasteiger partial charge in [-0.15, -0.1) is 0 Å². The molecular formula is C20H22FN3O2. The van der Waals surface area contributed by atoms with Gasteiger partial charge in [0, 0.05) is 44.4 Å². The number of nitrogens with zero attached hydrogens (tertiary/aromatic N) is 2. The molecule has 0 atom stereocenters. The lowest BCUT2D eigenvalue weighted by molar-refractivity contribution is -0.136. The van der Waals surface area contributed by atoms with Crippen molar-refractivity contribution in [1.82, 2.24) is 9.80 Å². The number of piperazine rings is 1. The minimum atomic E-state index is -0.276. The predicted molar refractivity (Wildman–Crippen MR) is 97.8 cm³/mol. The molecule has 1 N–H and O–H groups in total. The Bertz CT molecular complexity index is 792. The summed E-state index contributed by atoms with van der Waals surface area (Å²) < 4.78 is 13.8. The van der Waals surface area contributed by atoms with E-state index in [1.54, 1.807) is 23.1 Å². The number of carbonyl (C=O) groups excluding carboxylic acids is 2. The summed E-state index contributed by atoms with van der Waals surface area (Å²) >= 11 is 0. The standard InChI is InChI=1S/C20H22FN3O2/c1-15(25)22-18-8-6-16(7-9-18)12-23-10-11-24(20(26)14-23)13-17-4-2-3-5-19(17)21/h2-9H,10-14H2,1H3,(H,22,25). The van der Waals surface area contributed by atoms with Crippen LogP contribution in [-0.2, 0) is 22.7 Å². The Hall–Kier alpha value is -2.73. The fourth-order valence-electron chi connectivity index (χ4n) is 3.05. The van der Waals surface area contributed by atoms with Crippen LogP contribution in [0.5, 0.6) is 0 Å². The smallest absolute Gasteiger partial charge is 0.237 e. The molecule has 2 aromatic rings. The van der Waals surface area contributed by atoms with Crippen LogP contribution in [0, 0.1) is 5.82 Å². The molecule has 3 rings (SSSR count). The summed E-state index contributed by atoms with van der Waals surface area (Å²) in [5.74, 6) is -0.370. The third kappa shape index (κ3) is 4.67. The highest BCUT2D eigenvalue weighted by Gasteiger charge is 2.24. The third-order valence-electron chi connectivity index (χ3n) is 4.40. The van der Waals surface area contributed by atoms with E-state index in [4.69, 9.17) is 0 Å². The summed E-state index contributed by atoms with van der Waals surface area (Å²) in [4.78, 5) is 27.2. The molecule has 136 valence electrons. The zero-order valence-electron chi connectivity index (χ0n) is 14.7. The summed E-state index contributed by atoms with van der Waals surface area (Å²) in [6.07, 6.45) is 0. The molecule has 0 aliphatic carbocycles. The van der Waals surface area contributed by atoms with Gasteiger partial charge in [-0.3, -0.25) is 14.5 Å². The first-order valence-electron chi connectivity index (χ1n) is 8.61. The number of rotatable bonds is 5. The first kappa shape index (κ1) is 18.1. The number of anilines is 1. The van der Waals surface area contributed by atoms with Crippen molar-refractivity contribution >= 4 is 17.5 Å². The molecule has 1 aliphatic heterocycles. The largest absolute Gasteiger partial charge is 0.336 e. The van der Waals surface area contributed by atoms with Crippen LogP contribution < -0.4 is 5.32 Å². The van der Waals surface area contributed by atoms with Gasteiger partial charge < -0.3 is 10.2 Å². The average Bonchev–Trinajstić information content (AvgIpc) is 2.60. The molecule has 0 saturated carbocycles. The molecule has 1 fully saturated rings. The predicted octanol–water partition coefficient (Wildman–Crippen LogP) is 2.63. The molecule has 0 bridgehead atoms. The quantitative estimate of drug-likeness (QED) is 0.897. The minimum absolute atomic E-state index is 0.00868. The molecule has 1 heterocycles. The van der Waals surface area contributed by atoms with E-state index >= 15 is 0 Å². The molecule has 0 spiro atoms. The third-order valence-corrected chi connectivity index (χ3v) is 4.40. The van der Waals surface area contributed by atoms with Crippen molar-refractivity contribution in [3.05, 3.63) is 65.5 Å². The van der Waals surface area contributed by atoms with Gasteiger partial charge in [-0.1, -0.05) is 30.3 Å². The van der Waals surface area contributed by atoms with Gasteiger partial charge >= 0.3 is 0 Å². The number of hydrogen-bond donors (Lipinski definition) is 1. The zero-order valence-corrected chi connectivity index (χ0v) is 14.7. The molecule has 1 saturated heterocycles. The van der Waals surface area contributed by atoms with Gasteiger partial charge in [-0.05, 0) is 23.8 Å². The van der Waals surface area contributed by atoms with Crippen LogP contribution in [0.2, 0.25) is 0 Å². The Balaban J connectivity index is 1.54. The molecule has 2 aromatic carbocycles. The van der Waals surface area contributed by atoms with Crippen molar-refractivity contribution in [3.63, 3.8) is 0 Å². The fraction of sp³-hybridized carbons (Fsp3) is 0.300. The van der Waals surface area contributed by atoms with Crippen LogP contribution in [-0.4, -0.2) is 41.2 Å². The van der Waals surface area contributed by atoms with Gasteiger partial charge in [0.25, 0.3) is 0 Å². The van der Waals surface area contributed by atoms with Gasteiger partial charge in [-0.2, -0.15) is 0 Å². The maximum Gasteiger partial charge on any atom is 0.237 e. The maximum atomic E-state index is 13.8. The van der Waals surface area contributed by atoms with Crippen molar-refractivity contribution in [3.8, 4) is 0 Å². The van der Waals surface area contributed by atoms with Gasteiger partial charge in [-0.25, -0.2) is 4.39 Å². The van der Waals surface area contributed by atoms with E-state index in [1.165, 1.54) is 13.0 Å². The van der Waals surface area contributed by atoms with Crippen molar-refractivity contribution in [2.75, 3.05) is 25.0 Å². The lowest BCUT2D eigenvalue weighted by Gasteiger charge is -2.34. The van der Waals surface area contributed by atoms with Crippen LogP contribution in [0.1, 0.15) is 18.1 Å². The summed E-state index contributed by atoms with van der Waals surface area (Å²) in [5, 5.41) is 2.73. The van der Waals surface area contributed by atoms with Crippen molar-refractivity contribution in [2.24, 2.45) is 0 Å². The number of amides is 2. The molecule has 6 heteroatoms. The first-order valence-corrected chi connectivity index (χ1v) is 8.61. The SMILES string of the molecule is CC(=O)Nc1ccc(CN2CCN(Cc3ccccc3F)C(=O)C2)cc1. The number of halogens is 1. The second-order valence-corrected chi connectivity index (χ2v) is 6.50. The summed E-state index contributed by atoms with van der Waals surface area (Å²) in [5.41, 5.74) is 2.38. The molecule has 1 aliphatic rings. The normalized spacial score (nSPS) is 15.2. The monoisotopic (exact) mass is 355 g/mol. The second kappa shape index (κ2) is 8.10. The van der Waals surface area contributed by atoms with E-state index in [1.807, 2.05) is 24.3 Å². The highest BCUT2D eigenvalue weighted by atomic mass is 19.1. The molecule has 0 radical (unpaired) electrons. The molecule has 26 heavy (non-hydrogen) atoms. The molecule has 0 aromatic heterocycles. The van der Waals surface area contributed by atoms with E-state index in [9.17, 15) is 14.0 Å². The average molecular weight is 355 g/mol. The van der Waals surface area contributed by atoms with Gasteiger partial charge in [0.2, 0.25) is 11.8 Å². The van der Waals surface area contributed by atoms with Crippen molar-refractivity contribution < 1.29 is 14.0 Å².